The Labute approximate surface area is 188 Å². The summed E-state index contributed by atoms with van der Waals surface area (Å²) in [5.41, 5.74) is 1.26. The Morgan fingerprint density at radius 3 is 2.87 bits per heavy atom. The number of rotatable bonds is 4. The average molecular weight is 452 g/mol. The molecule has 0 aliphatic carbocycles. The normalized spacial score (nSPS) is 20.5. The number of pyridine rings is 1. The highest BCUT2D eigenvalue weighted by Gasteiger charge is 2.45. The number of amides is 3. The highest BCUT2D eigenvalue weighted by Crippen LogP contribution is 2.45. The molecular weight excluding hydrogens is 434 g/mol. The maximum absolute atomic E-state index is 13.4. The van der Waals surface area contributed by atoms with E-state index in [1.165, 1.54) is 16.7 Å². The molecule has 2 atom stereocenters. The molecule has 0 radical (unpaired) electrons. The fraction of sp³-hybridized carbons (Fsp3) is 0.174. The van der Waals surface area contributed by atoms with Crippen LogP contribution in [-0.2, 0) is 4.79 Å². The van der Waals surface area contributed by atoms with E-state index < -0.39 is 17.3 Å². The first-order chi connectivity index (χ1) is 15.1. The summed E-state index contributed by atoms with van der Waals surface area (Å²) >= 11 is 7.83. The van der Waals surface area contributed by atoms with Crippen molar-refractivity contribution in [3.05, 3.63) is 71.5 Å². The fourth-order valence-electron chi connectivity index (χ4n) is 3.87. The number of thioether (sulfide) groups is 1. The quantitative estimate of drug-likeness (QED) is 0.612. The lowest BCUT2D eigenvalue weighted by molar-refractivity contribution is -0.118. The first-order valence-corrected chi connectivity index (χ1v) is 11.1. The number of nitrogens with zero attached hydrogens (tertiary/aromatic N) is 2. The minimum absolute atomic E-state index is 0.278. The molecule has 3 amide bonds. The number of anilines is 1. The number of hydrogen-bond acceptors (Lipinski definition) is 5. The molecule has 0 saturated carbocycles. The predicted octanol–water partition coefficient (Wildman–Crippen LogP) is 4.87. The molecule has 5 rings (SSSR count). The zero-order valence-electron chi connectivity index (χ0n) is 16.5. The van der Waals surface area contributed by atoms with Crippen LogP contribution < -0.4 is 15.0 Å². The van der Waals surface area contributed by atoms with Crippen LogP contribution in [0.25, 0.3) is 15.7 Å². The van der Waals surface area contributed by atoms with Crippen molar-refractivity contribution in [3.8, 4) is 5.75 Å². The summed E-state index contributed by atoms with van der Waals surface area (Å²) in [6.07, 6.45) is 5.16. The van der Waals surface area contributed by atoms with Gasteiger partial charge in [-0.2, -0.15) is 0 Å². The summed E-state index contributed by atoms with van der Waals surface area (Å²) < 4.78 is 5.59. The van der Waals surface area contributed by atoms with Gasteiger partial charge in [-0.05, 0) is 31.2 Å². The molecule has 2 aliphatic rings. The van der Waals surface area contributed by atoms with Crippen LogP contribution in [0, 0.1) is 0 Å². The minimum atomic E-state index is -0.488. The van der Waals surface area contributed by atoms with Gasteiger partial charge in [0.25, 0.3) is 5.91 Å². The van der Waals surface area contributed by atoms with Gasteiger partial charge in [-0.15, -0.1) is 11.8 Å². The molecule has 31 heavy (non-hydrogen) atoms. The van der Waals surface area contributed by atoms with Crippen LogP contribution in [0.3, 0.4) is 0 Å². The number of hydrogen-bond donors (Lipinski definition) is 1. The van der Waals surface area contributed by atoms with Gasteiger partial charge in [-0.1, -0.05) is 35.9 Å². The van der Waals surface area contributed by atoms with Crippen LogP contribution in [0.4, 0.5) is 10.5 Å². The Bertz CT molecular complexity index is 1240. The van der Waals surface area contributed by atoms with Crippen molar-refractivity contribution in [2.75, 3.05) is 11.5 Å². The molecule has 3 aromatic rings. The number of halogens is 1. The molecule has 2 aromatic carbocycles. The zero-order valence-corrected chi connectivity index (χ0v) is 18.1. The van der Waals surface area contributed by atoms with E-state index in [-0.39, 0.29) is 5.91 Å². The first-order valence-electron chi connectivity index (χ1n) is 9.85. The van der Waals surface area contributed by atoms with E-state index in [1.54, 1.807) is 18.5 Å². The number of carbonyl (C=O) groups excluding carboxylic acids is 2. The number of imide groups is 1. The van der Waals surface area contributed by atoms with Gasteiger partial charge >= 0.3 is 6.03 Å². The lowest BCUT2D eigenvalue weighted by atomic mass is 10.1. The summed E-state index contributed by atoms with van der Waals surface area (Å²) in [5.74, 6) is 0.428. The molecule has 1 N–H and O–H groups in total. The van der Waals surface area contributed by atoms with Crippen LogP contribution >= 0.6 is 23.4 Å². The Hall–Kier alpha value is -3.03. The number of carbonyl (C=O) groups is 2. The van der Waals surface area contributed by atoms with E-state index in [0.29, 0.717) is 23.1 Å². The average Bonchev–Trinajstić information content (AvgIpc) is 3.19. The van der Waals surface area contributed by atoms with Crippen LogP contribution in [0.2, 0.25) is 5.02 Å². The van der Waals surface area contributed by atoms with E-state index in [1.807, 2.05) is 49.4 Å². The van der Waals surface area contributed by atoms with Crippen molar-refractivity contribution >= 4 is 56.7 Å². The predicted molar refractivity (Wildman–Crippen MR) is 124 cm³/mol. The van der Waals surface area contributed by atoms with Gasteiger partial charge in [0.15, 0.2) is 0 Å². The van der Waals surface area contributed by atoms with E-state index in [4.69, 9.17) is 16.3 Å². The van der Waals surface area contributed by atoms with Crippen LogP contribution in [0.15, 0.2) is 60.9 Å². The molecule has 6 nitrogen and oxygen atoms in total. The second-order valence-electron chi connectivity index (χ2n) is 7.17. The summed E-state index contributed by atoms with van der Waals surface area (Å²) in [6.45, 7) is 2.46. The Balaban J connectivity index is 1.48. The number of aromatic nitrogens is 1. The van der Waals surface area contributed by atoms with Crippen molar-refractivity contribution in [2.45, 2.75) is 18.2 Å². The van der Waals surface area contributed by atoms with Crippen molar-refractivity contribution in [2.24, 2.45) is 0 Å². The molecule has 3 heterocycles. The maximum Gasteiger partial charge on any atom is 0.329 e. The molecule has 1 aromatic heterocycles. The Morgan fingerprint density at radius 2 is 2.03 bits per heavy atom. The monoisotopic (exact) mass is 451 g/mol. The summed E-state index contributed by atoms with van der Waals surface area (Å²) in [4.78, 5) is 32.6. The van der Waals surface area contributed by atoms with Gasteiger partial charge in [0.05, 0.1) is 24.5 Å². The third kappa shape index (κ3) is 3.43. The summed E-state index contributed by atoms with van der Waals surface area (Å²) in [7, 11) is 0. The topological polar surface area (TPSA) is 71.5 Å². The summed E-state index contributed by atoms with van der Waals surface area (Å²) in [5, 5.41) is 4.68. The second kappa shape index (κ2) is 7.90. The lowest BCUT2D eigenvalue weighted by Crippen LogP contribution is -2.60. The molecule has 8 heteroatoms. The van der Waals surface area contributed by atoms with E-state index in [0.717, 1.165) is 21.2 Å². The number of fused-ring (bicyclic) bond motifs is 2. The number of urea groups is 1. The second-order valence-corrected chi connectivity index (χ2v) is 8.76. The van der Waals surface area contributed by atoms with Crippen LogP contribution in [0.1, 0.15) is 12.5 Å². The van der Waals surface area contributed by atoms with Crippen molar-refractivity contribution < 1.29 is 14.3 Å². The smallest absolute Gasteiger partial charge is 0.329 e. The number of ether oxygens (including phenoxy) is 1. The van der Waals surface area contributed by atoms with Gasteiger partial charge < -0.3 is 10.1 Å². The SMILES string of the molecule is CCOc1ccc(Cl)c(C2=CC3NC(=O)N(c4cncc5ccccc45)C(=O)C3S2)c1. The highest BCUT2D eigenvalue weighted by atomic mass is 35.5. The molecule has 1 saturated heterocycles. The van der Waals surface area contributed by atoms with Crippen LogP contribution in [-0.4, -0.2) is 34.8 Å². The Kier molecular flexibility index (Phi) is 5.08. The zero-order chi connectivity index (χ0) is 21.5. The highest BCUT2D eigenvalue weighted by molar-refractivity contribution is 8.09. The number of nitrogens with one attached hydrogen (secondary N) is 1. The maximum atomic E-state index is 13.4. The lowest BCUT2D eigenvalue weighted by Gasteiger charge is -2.33. The first kappa shape index (κ1) is 19.9. The minimum Gasteiger partial charge on any atom is -0.494 e. The molecule has 0 bridgehead atoms. The summed E-state index contributed by atoms with van der Waals surface area (Å²) in [6, 6.07) is 12.1. The molecule has 1 fully saturated rings. The van der Waals surface area contributed by atoms with Gasteiger partial charge in [-0.25, -0.2) is 9.69 Å². The van der Waals surface area contributed by atoms with Crippen molar-refractivity contribution in [3.63, 3.8) is 0 Å². The van der Waals surface area contributed by atoms with Gasteiger partial charge in [-0.3, -0.25) is 9.78 Å². The van der Waals surface area contributed by atoms with Gasteiger partial charge in [0.2, 0.25) is 0 Å². The third-order valence-corrected chi connectivity index (χ3v) is 6.96. The van der Waals surface area contributed by atoms with Crippen molar-refractivity contribution in [1.82, 2.24) is 10.3 Å². The fourth-order valence-corrected chi connectivity index (χ4v) is 5.43. The van der Waals surface area contributed by atoms with Crippen molar-refractivity contribution in [1.29, 1.82) is 0 Å². The van der Waals surface area contributed by atoms with E-state index in [2.05, 4.69) is 10.3 Å². The van der Waals surface area contributed by atoms with E-state index in [9.17, 15) is 9.59 Å². The van der Waals surface area contributed by atoms with Gasteiger partial charge in [0, 0.05) is 32.5 Å². The van der Waals surface area contributed by atoms with Gasteiger partial charge in [0.1, 0.15) is 11.0 Å². The number of benzene rings is 2. The molecule has 2 unspecified atom stereocenters. The van der Waals surface area contributed by atoms with Crippen LogP contribution in [0.5, 0.6) is 5.75 Å². The molecule has 0 spiro atoms. The Morgan fingerprint density at radius 1 is 1.19 bits per heavy atom. The molecule has 156 valence electrons. The third-order valence-electron chi connectivity index (χ3n) is 5.27. The molecular formula is C23H18ClN3O3S. The largest absolute Gasteiger partial charge is 0.494 e. The molecule has 2 aliphatic heterocycles. The standard InChI is InChI=1S/C23H18ClN3O3S/c1-2-30-14-7-8-17(24)16(9-14)20-10-18-21(31-20)22(28)27(23(29)26-18)19-12-25-11-13-5-3-4-6-15(13)19/h3-12,18,21H,2H2,1H3,(H,26,29). The van der Waals surface area contributed by atoms with E-state index >= 15 is 0 Å².